The molecule has 40 heavy (non-hydrogen) atoms. The topological polar surface area (TPSA) is 110 Å². The first-order valence-corrected chi connectivity index (χ1v) is 13.4. The van der Waals surface area contributed by atoms with E-state index in [1.165, 1.54) is 29.2 Å². The minimum atomic E-state index is -4.77. The average molecular weight is 612 g/mol. The third kappa shape index (κ3) is 7.06. The molecule has 2 heterocycles. The minimum Gasteiger partial charge on any atom is -0.335 e. The van der Waals surface area contributed by atoms with Crippen molar-refractivity contribution in [1.29, 1.82) is 0 Å². The van der Waals surface area contributed by atoms with Gasteiger partial charge < -0.3 is 15.2 Å². The van der Waals surface area contributed by atoms with Crippen LogP contribution < -0.4 is 10.5 Å². The summed E-state index contributed by atoms with van der Waals surface area (Å²) in [7, 11) is -3.57. The Labute approximate surface area is 231 Å². The van der Waals surface area contributed by atoms with Gasteiger partial charge >= 0.3 is 6.18 Å². The molecule has 1 aromatic heterocycles. The predicted octanol–water partition coefficient (Wildman–Crippen LogP) is 4.08. The van der Waals surface area contributed by atoms with Crippen LogP contribution in [0.25, 0.3) is 11.3 Å². The van der Waals surface area contributed by atoms with E-state index in [0.717, 1.165) is 10.8 Å². The molecular formula is C24H24ClF6N5O3S. The van der Waals surface area contributed by atoms with E-state index < -0.39 is 51.4 Å². The number of hydrogen-bond acceptors (Lipinski definition) is 5. The molecule has 3 N–H and O–H groups in total. The quantitative estimate of drug-likeness (QED) is 0.309. The lowest BCUT2D eigenvalue weighted by molar-refractivity contribution is -0.148. The van der Waals surface area contributed by atoms with Crippen molar-refractivity contribution < 1.29 is 39.6 Å². The van der Waals surface area contributed by atoms with E-state index in [0.29, 0.717) is 12.1 Å². The van der Waals surface area contributed by atoms with Crippen LogP contribution in [0.3, 0.4) is 0 Å². The summed E-state index contributed by atoms with van der Waals surface area (Å²) >= 11 is 0. The molecule has 0 unspecified atom stereocenters. The Balaban J connectivity index is 0.00000441. The maximum atomic E-state index is 14.0. The fraction of sp³-hybridized carbons (Fsp3) is 0.333. The Morgan fingerprint density at radius 3 is 2.30 bits per heavy atom. The summed E-state index contributed by atoms with van der Waals surface area (Å²) < 4.78 is 108. The number of carbonyl (C=O) groups excluding carboxylic acids is 1. The maximum absolute atomic E-state index is 14.0. The second kappa shape index (κ2) is 11.7. The van der Waals surface area contributed by atoms with Gasteiger partial charge in [0.15, 0.2) is 11.6 Å². The van der Waals surface area contributed by atoms with Gasteiger partial charge in [-0.15, -0.1) is 12.4 Å². The molecule has 1 aliphatic rings. The second-order valence-corrected chi connectivity index (χ2v) is 10.9. The lowest BCUT2D eigenvalue weighted by Crippen LogP contribution is -2.42. The number of alkyl halides is 3. The van der Waals surface area contributed by atoms with Gasteiger partial charge in [-0.1, -0.05) is 12.1 Å². The molecule has 0 fully saturated rings. The summed E-state index contributed by atoms with van der Waals surface area (Å²) in [5.74, 6) is -5.29. The number of benzene rings is 2. The summed E-state index contributed by atoms with van der Waals surface area (Å²) in [5, 5.41) is 0. The number of anilines is 1. The summed E-state index contributed by atoms with van der Waals surface area (Å²) in [5.41, 5.74) is 6.31. The molecular weight excluding hydrogens is 588 g/mol. The molecule has 1 amide bonds. The number of rotatable bonds is 7. The number of aromatic nitrogens is 2. The summed E-state index contributed by atoms with van der Waals surface area (Å²) in [6.45, 7) is -0.509. The molecule has 218 valence electrons. The number of nitrogens with one attached hydrogen (secondary N) is 1. The number of amides is 1. The van der Waals surface area contributed by atoms with Gasteiger partial charge in [0.2, 0.25) is 21.8 Å². The summed E-state index contributed by atoms with van der Waals surface area (Å²) in [4.78, 5) is 18.0. The van der Waals surface area contributed by atoms with Crippen LogP contribution in [-0.2, 0) is 40.5 Å². The first-order chi connectivity index (χ1) is 18.1. The van der Waals surface area contributed by atoms with Gasteiger partial charge in [0.25, 0.3) is 0 Å². The number of sulfonamides is 1. The maximum Gasteiger partial charge on any atom is 0.449 e. The molecule has 1 atom stereocenters. The number of hydrogen-bond donors (Lipinski definition) is 2. The smallest absolute Gasteiger partial charge is 0.335 e. The van der Waals surface area contributed by atoms with Crippen LogP contribution in [0.5, 0.6) is 0 Å². The normalized spacial score (nSPS) is 14.3. The predicted molar refractivity (Wildman–Crippen MR) is 136 cm³/mol. The van der Waals surface area contributed by atoms with E-state index in [1.54, 1.807) is 0 Å². The lowest BCUT2D eigenvalue weighted by Gasteiger charge is -2.30. The molecule has 0 saturated carbocycles. The first kappa shape index (κ1) is 31.2. The van der Waals surface area contributed by atoms with E-state index in [1.807, 2.05) is 0 Å². The van der Waals surface area contributed by atoms with Crippen molar-refractivity contribution in [2.45, 2.75) is 38.1 Å². The molecule has 8 nitrogen and oxygen atoms in total. The van der Waals surface area contributed by atoms with Crippen molar-refractivity contribution in [2.24, 2.45) is 5.73 Å². The van der Waals surface area contributed by atoms with Crippen LogP contribution in [0.15, 0.2) is 36.4 Å². The van der Waals surface area contributed by atoms with E-state index in [2.05, 4.69) is 9.71 Å². The van der Waals surface area contributed by atoms with E-state index in [-0.39, 0.29) is 73.1 Å². The van der Waals surface area contributed by atoms with Gasteiger partial charge in [0, 0.05) is 42.9 Å². The largest absolute Gasteiger partial charge is 0.449 e. The Morgan fingerprint density at radius 1 is 1.07 bits per heavy atom. The highest BCUT2D eigenvalue weighted by Gasteiger charge is 2.40. The molecule has 2 aromatic carbocycles. The van der Waals surface area contributed by atoms with Gasteiger partial charge in [-0.25, -0.2) is 26.6 Å². The van der Waals surface area contributed by atoms with E-state index in [4.69, 9.17) is 5.73 Å². The highest BCUT2D eigenvalue weighted by Crippen LogP contribution is 2.36. The van der Waals surface area contributed by atoms with Crippen LogP contribution in [0, 0.1) is 17.5 Å². The van der Waals surface area contributed by atoms with Crippen molar-refractivity contribution in [3.05, 3.63) is 70.9 Å². The molecule has 4 rings (SSSR count). The van der Waals surface area contributed by atoms with Gasteiger partial charge in [-0.3, -0.25) is 9.52 Å². The van der Waals surface area contributed by atoms with Gasteiger partial charge in [0.1, 0.15) is 5.82 Å². The Morgan fingerprint density at radius 2 is 1.70 bits per heavy atom. The highest BCUT2D eigenvalue weighted by atomic mass is 35.5. The third-order valence-electron chi connectivity index (χ3n) is 6.08. The Hall–Kier alpha value is -3.30. The molecule has 0 saturated heterocycles. The number of imidazole rings is 1. The summed E-state index contributed by atoms with van der Waals surface area (Å²) in [6.07, 6.45) is -4.40. The molecule has 16 heteroatoms. The van der Waals surface area contributed by atoms with Crippen molar-refractivity contribution in [1.82, 2.24) is 14.5 Å². The zero-order chi connectivity index (χ0) is 28.7. The van der Waals surface area contributed by atoms with Crippen LogP contribution in [0.4, 0.5) is 32.0 Å². The highest BCUT2D eigenvalue weighted by molar-refractivity contribution is 7.92. The van der Waals surface area contributed by atoms with E-state index >= 15 is 0 Å². The molecule has 3 aromatic rings. The van der Waals surface area contributed by atoms with Crippen molar-refractivity contribution in [2.75, 3.05) is 17.5 Å². The van der Waals surface area contributed by atoms with Gasteiger partial charge in [0.05, 0.1) is 24.2 Å². The number of nitrogens with zero attached hydrogens (tertiary/aromatic N) is 3. The van der Waals surface area contributed by atoms with Gasteiger partial charge in [-0.05, 0) is 30.2 Å². The van der Waals surface area contributed by atoms with Crippen molar-refractivity contribution in [3.8, 4) is 11.3 Å². The standard InChI is InChI=1S/C24H23F6N5O3S.ClH/c1-39(37,38)33-16-4-2-13(3-5-16)22-20-12-34(6-7-35(20)23(32-22)24(28,29)30)21(36)10-15(31)8-14-9-18(26)19(27)11-17(14)25;/h2-5,9,11,15,33H,6-8,10,12,31H2,1H3;1H/t15-;/m1./s1. The van der Waals surface area contributed by atoms with Crippen LogP contribution in [0.2, 0.25) is 0 Å². The van der Waals surface area contributed by atoms with Crippen LogP contribution in [-0.4, -0.2) is 47.6 Å². The fourth-order valence-electron chi connectivity index (χ4n) is 4.37. The number of carbonyl (C=O) groups is 1. The number of nitrogens with two attached hydrogens (primary N) is 1. The lowest BCUT2D eigenvalue weighted by atomic mass is 10.0. The summed E-state index contributed by atoms with van der Waals surface area (Å²) in [6, 6.07) is 5.64. The van der Waals surface area contributed by atoms with Gasteiger partial charge in [-0.2, -0.15) is 13.2 Å². The zero-order valence-corrected chi connectivity index (χ0v) is 22.4. The Bertz CT molecular complexity index is 1510. The molecule has 0 aliphatic carbocycles. The number of fused-ring (bicyclic) bond motifs is 1. The molecule has 0 spiro atoms. The molecule has 1 aliphatic heterocycles. The number of halogens is 7. The fourth-order valence-corrected chi connectivity index (χ4v) is 4.93. The third-order valence-corrected chi connectivity index (χ3v) is 6.69. The van der Waals surface area contributed by atoms with Crippen LogP contribution >= 0.6 is 12.4 Å². The Kier molecular flexibility index (Phi) is 9.11. The average Bonchev–Trinajstić information content (AvgIpc) is 3.21. The first-order valence-electron chi connectivity index (χ1n) is 11.5. The van der Waals surface area contributed by atoms with Crippen LogP contribution in [0.1, 0.15) is 23.5 Å². The second-order valence-electron chi connectivity index (χ2n) is 9.17. The zero-order valence-electron chi connectivity index (χ0n) is 20.8. The molecule has 0 radical (unpaired) electrons. The SMILES string of the molecule is CS(=O)(=O)Nc1ccc(-c2nc(C(F)(F)F)n3c2CN(C(=O)C[C@H](N)Cc2cc(F)c(F)cc2F)CC3)cc1.Cl. The molecule has 0 bridgehead atoms. The van der Waals surface area contributed by atoms with Crippen molar-refractivity contribution >= 4 is 34.0 Å². The van der Waals surface area contributed by atoms with Crippen molar-refractivity contribution in [3.63, 3.8) is 0 Å². The monoisotopic (exact) mass is 611 g/mol. The minimum absolute atomic E-state index is 0. The van der Waals surface area contributed by atoms with E-state index in [9.17, 15) is 39.6 Å².